The Hall–Kier alpha value is -0.360. The van der Waals surface area contributed by atoms with Crippen LogP contribution in [0.25, 0.3) is 0 Å². The van der Waals surface area contributed by atoms with Crippen LogP contribution in [-0.2, 0) is 12.2 Å². The highest BCUT2D eigenvalue weighted by atomic mass is 35.5. The first kappa shape index (κ1) is 13.1. The van der Waals surface area contributed by atoms with Gasteiger partial charge in [0.15, 0.2) is 4.34 Å². The largest absolute Gasteiger partial charge is 0.224 e. The Balaban J connectivity index is 2.02. The summed E-state index contributed by atoms with van der Waals surface area (Å²) in [6, 6.07) is 3.62. The minimum Gasteiger partial charge on any atom is -0.224 e. The summed E-state index contributed by atoms with van der Waals surface area (Å²) in [6.45, 7) is 2.04. The normalized spacial score (nSPS) is 10.8. The molecule has 0 aliphatic rings. The first-order chi connectivity index (χ1) is 8.19. The molecule has 0 bridgehead atoms. The highest BCUT2D eigenvalue weighted by Gasteiger charge is 2.07. The van der Waals surface area contributed by atoms with Crippen LogP contribution in [-0.4, -0.2) is 14.3 Å². The molecular formula is C10H9Cl2N3S2. The molecule has 17 heavy (non-hydrogen) atoms. The molecule has 0 spiro atoms. The van der Waals surface area contributed by atoms with Crippen molar-refractivity contribution in [2.45, 2.75) is 23.4 Å². The zero-order chi connectivity index (χ0) is 12.3. The van der Waals surface area contributed by atoms with Crippen molar-refractivity contribution in [2.75, 3.05) is 0 Å². The summed E-state index contributed by atoms with van der Waals surface area (Å²) in [7, 11) is 0. The predicted octanol–water partition coefficient (Wildman–Crippen LogP) is 4.09. The summed E-state index contributed by atoms with van der Waals surface area (Å²) in [6.07, 6.45) is 0.861. The Morgan fingerprint density at radius 2 is 2.12 bits per heavy atom. The second-order valence-corrected chi connectivity index (χ2v) is 5.92. The smallest absolute Gasteiger partial charge is 0.170 e. The van der Waals surface area contributed by atoms with E-state index >= 15 is 0 Å². The number of halogens is 2. The molecule has 0 fully saturated rings. The van der Waals surface area contributed by atoms with Crippen LogP contribution < -0.4 is 0 Å². The highest BCUT2D eigenvalue weighted by molar-refractivity contribution is 8.00. The number of pyridine rings is 1. The fraction of sp³-hybridized carbons (Fsp3) is 0.300. The Kier molecular flexibility index (Phi) is 4.62. The molecule has 3 nitrogen and oxygen atoms in total. The zero-order valence-corrected chi connectivity index (χ0v) is 12.1. The van der Waals surface area contributed by atoms with Crippen LogP contribution in [0.15, 0.2) is 16.5 Å². The third kappa shape index (κ3) is 3.55. The summed E-state index contributed by atoms with van der Waals surface area (Å²) < 4.78 is 5.18. The quantitative estimate of drug-likeness (QED) is 0.630. The van der Waals surface area contributed by atoms with Crippen LogP contribution in [0.1, 0.15) is 18.3 Å². The van der Waals surface area contributed by atoms with E-state index in [-0.39, 0.29) is 0 Å². The fourth-order valence-electron chi connectivity index (χ4n) is 1.13. The van der Waals surface area contributed by atoms with Gasteiger partial charge in [0, 0.05) is 12.2 Å². The molecule has 0 amide bonds. The van der Waals surface area contributed by atoms with Gasteiger partial charge in [-0.2, -0.15) is 4.37 Å². The maximum absolute atomic E-state index is 5.99. The van der Waals surface area contributed by atoms with Gasteiger partial charge in [-0.1, -0.05) is 48.0 Å². The summed E-state index contributed by atoms with van der Waals surface area (Å²) in [5, 5.41) is 0.859. The number of aryl methyl sites for hydroxylation is 1. The van der Waals surface area contributed by atoms with E-state index < -0.39 is 0 Å². The Labute approximate surface area is 118 Å². The number of hydrogen-bond acceptors (Lipinski definition) is 5. The highest BCUT2D eigenvalue weighted by Crippen LogP contribution is 2.27. The number of hydrogen-bond donors (Lipinski definition) is 0. The number of rotatable bonds is 4. The molecule has 0 aliphatic carbocycles. The molecule has 2 aromatic heterocycles. The average molecular weight is 306 g/mol. The monoisotopic (exact) mass is 305 g/mol. The van der Waals surface area contributed by atoms with E-state index in [2.05, 4.69) is 14.3 Å². The van der Waals surface area contributed by atoms with Gasteiger partial charge in [-0.15, -0.1) is 0 Å². The second-order valence-electron chi connectivity index (χ2n) is 3.20. The molecule has 7 heteroatoms. The van der Waals surface area contributed by atoms with Gasteiger partial charge in [-0.3, -0.25) is 0 Å². The van der Waals surface area contributed by atoms with Crippen molar-refractivity contribution in [2.24, 2.45) is 0 Å². The van der Waals surface area contributed by atoms with Gasteiger partial charge >= 0.3 is 0 Å². The van der Waals surface area contributed by atoms with Gasteiger partial charge in [0.2, 0.25) is 0 Å². The standard InChI is InChI=1S/C10H9Cl2N3S2/c1-2-8-14-10(17-15-8)16-5-6-3-4-7(11)13-9(6)12/h3-4H,2,5H2,1H3. The molecule has 0 atom stereocenters. The number of nitrogens with zero attached hydrogens (tertiary/aromatic N) is 3. The third-order valence-corrected chi connectivity index (χ3v) is 4.47. The first-order valence-electron chi connectivity index (χ1n) is 4.95. The van der Waals surface area contributed by atoms with Crippen LogP contribution in [0, 0.1) is 0 Å². The first-order valence-corrected chi connectivity index (χ1v) is 7.47. The molecule has 2 rings (SSSR count). The van der Waals surface area contributed by atoms with Gasteiger partial charge in [0.1, 0.15) is 16.1 Å². The van der Waals surface area contributed by atoms with Crippen molar-refractivity contribution < 1.29 is 0 Å². The minimum atomic E-state index is 0.410. The van der Waals surface area contributed by atoms with Gasteiger partial charge in [-0.25, -0.2) is 9.97 Å². The lowest BCUT2D eigenvalue weighted by Gasteiger charge is -2.01. The van der Waals surface area contributed by atoms with Crippen molar-refractivity contribution >= 4 is 46.5 Å². The van der Waals surface area contributed by atoms with Crippen LogP contribution in [0.4, 0.5) is 0 Å². The van der Waals surface area contributed by atoms with Crippen LogP contribution in [0.3, 0.4) is 0 Å². The van der Waals surface area contributed by atoms with Crippen molar-refractivity contribution in [3.8, 4) is 0 Å². The molecule has 0 aliphatic heterocycles. The zero-order valence-electron chi connectivity index (χ0n) is 8.98. The number of aromatic nitrogens is 3. The third-order valence-electron chi connectivity index (χ3n) is 2.01. The van der Waals surface area contributed by atoms with Gasteiger partial charge in [0.05, 0.1) is 0 Å². The Morgan fingerprint density at radius 1 is 1.29 bits per heavy atom. The van der Waals surface area contributed by atoms with Gasteiger partial charge < -0.3 is 0 Å². The molecule has 0 aromatic carbocycles. The van der Waals surface area contributed by atoms with E-state index in [0.29, 0.717) is 10.3 Å². The van der Waals surface area contributed by atoms with Gasteiger partial charge in [-0.05, 0) is 23.2 Å². The molecule has 0 unspecified atom stereocenters. The van der Waals surface area contributed by atoms with E-state index in [1.54, 1.807) is 17.8 Å². The lowest BCUT2D eigenvalue weighted by atomic mass is 10.3. The Morgan fingerprint density at radius 3 is 2.76 bits per heavy atom. The molecule has 2 aromatic rings. The molecule has 0 radical (unpaired) electrons. The molecule has 90 valence electrons. The molecule has 2 heterocycles. The SMILES string of the molecule is CCc1nsc(SCc2ccc(Cl)nc2Cl)n1. The van der Waals surface area contributed by atoms with E-state index in [1.807, 2.05) is 13.0 Å². The maximum atomic E-state index is 5.99. The van der Waals surface area contributed by atoms with E-state index in [1.165, 1.54) is 11.5 Å². The van der Waals surface area contributed by atoms with Crippen LogP contribution in [0.5, 0.6) is 0 Å². The van der Waals surface area contributed by atoms with Crippen molar-refractivity contribution in [1.82, 2.24) is 14.3 Å². The van der Waals surface area contributed by atoms with Gasteiger partial charge in [0.25, 0.3) is 0 Å². The lowest BCUT2D eigenvalue weighted by Crippen LogP contribution is -1.87. The van der Waals surface area contributed by atoms with Crippen LogP contribution in [0.2, 0.25) is 10.3 Å². The summed E-state index contributed by atoms with van der Waals surface area (Å²) in [5.41, 5.74) is 0.953. The molecule has 0 N–H and O–H groups in total. The van der Waals surface area contributed by atoms with Crippen molar-refractivity contribution in [3.63, 3.8) is 0 Å². The minimum absolute atomic E-state index is 0.410. The topological polar surface area (TPSA) is 38.7 Å². The second kappa shape index (κ2) is 6.00. The number of thioether (sulfide) groups is 1. The van der Waals surface area contributed by atoms with Crippen molar-refractivity contribution in [3.05, 3.63) is 33.8 Å². The van der Waals surface area contributed by atoms with Crippen molar-refractivity contribution in [1.29, 1.82) is 0 Å². The molecular weight excluding hydrogens is 297 g/mol. The maximum Gasteiger partial charge on any atom is 0.170 e. The van der Waals surface area contributed by atoms with E-state index in [9.17, 15) is 0 Å². The summed E-state index contributed by atoms with van der Waals surface area (Å²) in [5.74, 6) is 1.61. The van der Waals surface area contributed by atoms with E-state index in [0.717, 1.165) is 27.9 Å². The van der Waals surface area contributed by atoms with E-state index in [4.69, 9.17) is 23.2 Å². The summed E-state index contributed by atoms with van der Waals surface area (Å²) in [4.78, 5) is 8.36. The Bertz CT molecular complexity index is 516. The average Bonchev–Trinajstić information content (AvgIpc) is 2.76. The fourth-order valence-corrected chi connectivity index (χ4v) is 3.30. The van der Waals surface area contributed by atoms with Crippen LogP contribution >= 0.6 is 46.5 Å². The molecule has 0 saturated heterocycles. The predicted molar refractivity (Wildman–Crippen MR) is 73.1 cm³/mol. The summed E-state index contributed by atoms with van der Waals surface area (Å²) >= 11 is 14.7. The molecule has 0 saturated carbocycles. The lowest BCUT2D eigenvalue weighted by molar-refractivity contribution is 0.971.